The first-order valence-corrected chi connectivity index (χ1v) is 27.9. The second kappa shape index (κ2) is 23.1. The molecule has 23 heteroatoms. The molecule has 0 aromatic carbocycles. The zero-order valence-corrected chi connectivity index (χ0v) is 45.7. The number of hydrogen-bond donors (Lipinski definition) is 16. The van der Waals surface area contributed by atoms with E-state index in [1.54, 1.807) is 0 Å². The summed E-state index contributed by atoms with van der Waals surface area (Å²) in [6.07, 6.45) is -26.1. The summed E-state index contributed by atoms with van der Waals surface area (Å²) in [4.78, 5) is 0. The molecule has 0 bridgehead atoms. The Labute approximate surface area is 450 Å². The molecule has 0 aromatic heterocycles. The van der Waals surface area contributed by atoms with E-state index in [0.29, 0.717) is 32.1 Å². The molecule has 3 saturated carbocycles. The summed E-state index contributed by atoms with van der Waals surface area (Å²) >= 11 is 0. The van der Waals surface area contributed by atoms with Crippen molar-refractivity contribution in [1.29, 1.82) is 0 Å². The van der Waals surface area contributed by atoms with E-state index in [2.05, 4.69) is 47.6 Å². The van der Waals surface area contributed by atoms with Gasteiger partial charge < -0.3 is 115 Å². The third-order valence-corrected chi connectivity index (χ3v) is 21.1. The van der Waals surface area contributed by atoms with Gasteiger partial charge >= 0.3 is 0 Å². The van der Waals surface area contributed by atoms with Crippen molar-refractivity contribution in [2.45, 2.75) is 247 Å². The molecule has 16 N–H and O–H groups in total. The van der Waals surface area contributed by atoms with E-state index in [0.717, 1.165) is 18.4 Å². The van der Waals surface area contributed by atoms with E-state index in [1.807, 2.05) is 0 Å². The van der Waals surface area contributed by atoms with E-state index in [1.165, 1.54) is 13.8 Å². The molecule has 4 aliphatic carbocycles. The van der Waals surface area contributed by atoms with Crippen molar-refractivity contribution >= 4 is 0 Å². The van der Waals surface area contributed by atoms with Crippen molar-refractivity contribution in [1.82, 2.24) is 0 Å². The van der Waals surface area contributed by atoms with Gasteiger partial charge in [0.15, 0.2) is 18.9 Å². The van der Waals surface area contributed by atoms with Crippen LogP contribution < -0.4 is 0 Å². The third kappa shape index (κ3) is 10.6. The summed E-state index contributed by atoms with van der Waals surface area (Å²) < 4.78 is 42.7. The number of allylic oxidation sites excluding steroid dienone is 1. The summed E-state index contributed by atoms with van der Waals surface area (Å²) in [5.74, 6) is -1.25. The van der Waals surface area contributed by atoms with Crippen LogP contribution >= 0.6 is 0 Å². The zero-order valence-electron chi connectivity index (χ0n) is 45.7. The molecule has 0 amide bonds. The van der Waals surface area contributed by atoms with E-state index in [9.17, 15) is 81.7 Å². The normalized spacial score (nSPS) is 51.9. The van der Waals surface area contributed by atoms with Crippen LogP contribution in [0.15, 0.2) is 11.6 Å². The molecule has 4 heterocycles. The second-order valence-electron chi connectivity index (χ2n) is 25.9. The van der Waals surface area contributed by atoms with Crippen LogP contribution in [-0.4, -0.2) is 249 Å². The van der Waals surface area contributed by atoms with Gasteiger partial charge in [0.2, 0.25) is 0 Å². The minimum absolute atomic E-state index is 0.00949. The van der Waals surface area contributed by atoms with Gasteiger partial charge in [0.25, 0.3) is 0 Å². The summed E-state index contributed by atoms with van der Waals surface area (Å²) in [6, 6.07) is 0. The molecule has 30 atom stereocenters. The van der Waals surface area contributed by atoms with Gasteiger partial charge in [-0.2, -0.15) is 0 Å². The standard InChI is InChI=1S/C54H92O23/c1-22(23-15-16-52(6)30-12-10-24-25(54(30,8)31(59)17-53(23,52)7)11-14-32(50(24,2)3)75-47-43(68)40(65)36(61)28(20-57)73-47)9-13-33(51(4,5)70)76-49-46(77-48-44(69)41(66)37(62)29(21-58)74-48)38(63)34(26(18-55)72-49)45-42(67)39(64)35(60)27(19-56)71-45/h10,22-23,25-49,55-70H,9,11-21H2,1-8H3/t22-,23?,25?,26-,27-,28-,29-,30?,31-,32+,33-,34-,35-,36-,37-,38+,39+,40+,41+,42-,43-,44-,45?,46-,47+,48+,49+,52+,53-,54+/m1/s1. The lowest BCUT2D eigenvalue weighted by atomic mass is 9.38. The van der Waals surface area contributed by atoms with Gasteiger partial charge in [-0.3, -0.25) is 0 Å². The molecule has 8 aliphatic rings. The first-order chi connectivity index (χ1) is 36.0. The number of rotatable bonds is 16. The van der Waals surface area contributed by atoms with Crippen molar-refractivity contribution in [3.8, 4) is 0 Å². The molecule has 4 unspecified atom stereocenters. The monoisotopic (exact) mass is 1110 g/mol. The van der Waals surface area contributed by atoms with Crippen LogP contribution in [0.25, 0.3) is 0 Å². The average molecular weight is 1110 g/mol. The van der Waals surface area contributed by atoms with Gasteiger partial charge in [0, 0.05) is 16.7 Å². The van der Waals surface area contributed by atoms with Crippen molar-refractivity contribution in [2.75, 3.05) is 26.4 Å². The third-order valence-electron chi connectivity index (χ3n) is 21.1. The van der Waals surface area contributed by atoms with E-state index >= 15 is 0 Å². The zero-order chi connectivity index (χ0) is 56.8. The fourth-order valence-corrected chi connectivity index (χ4v) is 16.1. The van der Waals surface area contributed by atoms with Crippen LogP contribution in [0.5, 0.6) is 0 Å². The van der Waals surface area contributed by atoms with Crippen LogP contribution in [0.1, 0.15) is 107 Å². The molecule has 0 aromatic rings. The molecule has 77 heavy (non-hydrogen) atoms. The molecule has 4 aliphatic heterocycles. The maximum absolute atomic E-state index is 12.7. The molecule has 7 fully saturated rings. The van der Waals surface area contributed by atoms with E-state index in [4.69, 9.17) is 33.2 Å². The summed E-state index contributed by atoms with van der Waals surface area (Å²) in [6.45, 7) is 13.3. The fraction of sp³-hybridized carbons (Fsp3) is 0.963. The molecular formula is C54H92O23. The van der Waals surface area contributed by atoms with Gasteiger partial charge in [0.05, 0.1) is 68.7 Å². The predicted octanol–water partition coefficient (Wildman–Crippen LogP) is -2.96. The number of aliphatic hydroxyl groups excluding tert-OH is 15. The number of ether oxygens (including phenoxy) is 7. The van der Waals surface area contributed by atoms with Crippen LogP contribution in [0, 0.1) is 51.2 Å². The van der Waals surface area contributed by atoms with Crippen molar-refractivity contribution in [3.05, 3.63) is 11.6 Å². The minimum atomic E-state index is -1.95. The number of hydrogen-bond acceptors (Lipinski definition) is 23. The lowest BCUT2D eigenvalue weighted by Crippen LogP contribution is -2.69. The summed E-state index contributed by atoms with van der Waals surface area (Å²) in [5, 5.41) is 174. The van der Waals surface area contributed by atoms with Crippen LogP contribution in [0.2, 0.25) is 0 Å². The molecule has 446 valence electrons. The lowest BCUT2D eigenvalue weighted by molar-refractivity contribution is -0.381. The van der Waals surface area contributed by atoms with Crippen molar-refractivity contribution in [3.63, 3.8) is 0 Å². The topological polar surface area (TPSA) is 388 Å². The van der Waals surface area contributed by atoms with Gasteiger partial charge in [-0.15, -0.1) is 0 Å². The van der Waals surface area contributed by atoms with Crippen LogP contribution in [-0.2, 0) is 33.2 Å². The molecule has 4 saturated heterocycles. The highest BCUT2D eigenvalue weighted by atomic mass is 16.8. The molecular weight excluding hydrogens is 1020 g/mol. The summed E-state index contributed by atoms with van der Waals surface area (Å²) in [5.41, 5.74) is -2.05. The maximum Gasteiger partial charge on any atom is 0.187 e. The highest BCUT2D eigenvalue weighted by Gasteiger charge is 2.70. The minimum Gasteiger partial charge on any atom is -0.394 e. The highest BCUT2D eigenvalue weighted by Crippen LogP contribution is 2.75. The van der Waals surface area contributed by atoms with Gasteiger partial charge in [-0.05, 0) is 99.7 Å². The SMILES string of the molecule is C[C@H](CC[C@@H](O[C@@H]1O[C@H](CO)[C@@H](C2O[C@H](CO)[C@@H](O)[C@H](O)[C@H]2O)[C@H](O)[C@H]1O[C@@H]1O[C@H](CO)[C@@H](O)[C@H](O)[C@H]1O)C(C)(C)O)C1CC[C@@]2(C)C3CC=C4C(CC[C@H](O[C@@H]5O[C@H](CO)[C@@H](O)[C@H](O)[C@H]5O)C4(C)C)[C@]3(C)[C@H](O)C[C@]12C. The van der Waals surface area contributed by atoms with Crippen LogP contribution in [0.3, 0.4) is 0 Å². The Bertz CT molecular complexity index is 2000. The van der Waals surface area contributed by atoms with Crippen LogP contribution in [0.4, 0.5) is 0 Å². The van der Waals surface area contributed by atoms with E-state index in [-0.39, 0.29) is 40.9 Å². The highest BCUT2D eigenvalue weighted by molar-refractivity contribution is 5.32. The molecule has 23 nitrogen and oxygen atoms in total. The van der Waals surface area contributed by atoms with Crippen molar-refractivity contribution in [2.24, 2.45) is 51.2 Å². The maximum atomic E-state index is 12.7. The largest absolute Gasteiger partial charge is 0.394 e. The average Bonchev–Trinajstić information content (AvgIpc) is 3.65. The van der Waals surface area contributed by atoms with Gasteiger partial charge in [-0.25, -0.2) is 0 Å². The Morgan fingerprint density at radius 1 is 0.597 bits per heavy atom. The number of aliphatic hydroxyl groups is 16. The second-order valence-corrected chi connectivity index (χ2v) is 25.9. The Morgan fingerprint density at radius 3 is 1.66 bits per heavy atom. The fourth-order valence-electron chi connectivity index (χ4n) is 16.1. The first kappa shape index (κ1) is 61.9. The van der Waals surface area contributed by atoms with E-state index < -0.39 is 184 Å². The van der Waals surface area contributed by atoms with Gasteiger partial charge in [0.1, 0.15) is 79.4 Å². The smallest absolute Gasteiger partial charge is 0.187 e. The molecule has 0 spiro atoms. The van der Waals surface area contributed by atoms with Crippen molar-refractivity contribution < 1.29 is 115 Å². The Hall–Kier alpha value is -1.18. The summed E-state index contributed by atoms with van der Waals surface area (Å²) in [7, 11) is 0. The Morgan fingerprint density at radius 2 is 1.12 bits per heavy atom. The number of fused-ring (bicyclic) bond motifs is 5. The quantitative estimate of drug-likeness (QED) is 0.0687. The molecule has 8 rings (SSSR count). The first-order valence-electron chi connectivity index (χ1n) is 27.9. The predicted molar refractivity (Wildman–Crippen MR) is 266 cm³/mol. The molecule has 0 radical (unpaired) electrons. The lowest BCUT2D eigenvalue weighted by Gasteiger charge is -2.67. The Balaban J connectivity index is 1.00. The Kier molecular flexibility index (Phi) is 18.6. The van der Waals surface area contributed by atoms with Gasteiger partial charge in [-0.1, -0.05) is 53.2 Å².